The van der Waals surface area contributed by atoms with Crippen LogP contribution in [0.4, 0.5) is 8.78 Å². The molecule has 0 aliphatic carbocycles. The van der Waals surface area contributed by atoms with Crippen LogP contribution < -0.4 is 5.73 Å². The zero-order valence-corrected chi connectivity index (χ0v) is 12.0. The van der Waals surface area contributed by atoms with Crippen LogP contribution in [0.5, 0.6) is 0 Å². The zero-order valence-electron chi connectivity index (χ0n) is 9.13. The predicted octanol–water partition coefficient (Wildman–Crippen LogP) is 4.27. The largest absolute Gasteiger partial charge is 0.320 e. The number of halogens is 4. The summed E-state index contributed by atoms with van der Waals surface area (Å²) >= 11 is 7.94. The van der Waals surface area contributed by atoms with E-state index >= 15 is 0 Å². The maximum absolute atomic E-state index is 13.7. The van der Waals surface area contributed by atoms with Crippen molar-refractivity contribution in [1.82, 2.24) is 0 Å². The van der Waals surface area contributed by atoms with E-state index in [0.717, 1.165) is 3.57 Å². The molecule has 0 aromatic heterocycles. The predicted molar refractivity (Wildman–Crippen MR) is 76.6 cm³/mol. The Morgan fingerprint density at radius 3 is 2.33 bits per heavy atom. The van der Waals surface area contributed by atoms with Gasteiger partial charge in [-0.1, -0.05) is 17.7 Å². The first-order valence-corrected chi connectivity index (χ1v) is 6.61. The minimum Gasteiger partial charge on any atom is -0.320 e. The highest BCUT2D eigenvalue weighted by Gasteiger charge is 2.20. The van der Waals surface area contributed by atoms with E-state index in [4.69, 9.17) is 17.3 Å². The molecule has 1 atom stereocenters. The van der Waals surface area contributed by atoms with Crippen LogP contribution in [0.15, 0.2) is 36.4 Å². The smallest absolute Gasteiger partial charge is 0.131 e. The van der Waals surface area contributed by atoms with Crippen LogP contribution in [0.3, 0.4) is 0 Å². The monoisotopic (exact) mass is 379 g/mol. The van der Waals surface area contributed by atoms with Gasteiger partial charge in [0.05, 0.1) is 6.04 Å². The molecular formula is C13H9ClF2IN. The van der Waals surface area contributed by atoms with Crippen molar-refractivity contribution >= 4 is 34.2 Å². The number of rotatable bonds is 2. The third kappa shape index (κ3) is 2.65. The summed E-state index contributed by atoms with van der Waals surface area (Å²) in [6, 6.07) is 7.90. The molecule has 0 heterocycles. The second-order valence-corrected chi connectivity index (χ2v) is 5.38. The zero-order chi connectivity index (χ0) is 13.3. The normalized spacial score (nSPS) is 12.5. The molecular weight excluding hydrogens is 371 g/mol. The lowest BCUT2D eigenvalue weighted by atomic mass is 9.98. The topological polar surface area (TPSA) is 26.0 Å². The lowest BCUT2D eigenvalue weighted by Crippen LogP contribution is -2.16. The first-order chi connectivity index (χ1) is 8.50. The number of hydrogen-bond acceptors (Lipinski definition) is 1. The van der Waals surface area contributed by atoms with Gasteiger partial charge in [-0.3, -0.25) is 0 Å². The average Bonchev–Trinajstić information content (AvgIpc) is 2.32. The van der Waals surface area contributed by atoms with Crippen LogP contribution >= 0.6 is 34.2 Å². The van der Waals surface area contributed by atoms with Gasteiger partial charge in [0, 0.05) is 14.2 Å². The van der Waals surface area contributed by atoms with Crippen LogP contribution in [0.25, 0.3) is 0 Å². The molecule has 0 radical (unpaired) electrons. The third-order valence-corrected chi connectivity index (χ3v) is 3.82. The SMILES string of the molecule is NC(c1cc(Cl)ccc1I)c1c(F)cccc1F. The minimum absolute atomic E-state index is 0.141. The first-order valence-electron chi connectivity index (χ1n) is 5.15. The van der Waals surface area contributed by atoms with Gasteiger partial charge in [0.1, 0.15) is 11.6 Å². The van der Waals surface area contributed by atoms with Crippen molar-refractivity contribution in [3.8, 4) is 0 Å². The van der Waals surface area contributed by atoms with Crippen LogP contribution in [-0.4, -0.2) is 0 Å². The quantitative estimate of drug-likeness (QED) is 0.775. The van der Waals surface area contributed by atoms with Crippen LogP contribution in [0, 0.1) is 15.2 Å². The summed E-state index contributed by atoms with van der Waals surface area (Å²) in [6.45, 7) is 0. The van der Waals surface area contributed by atoms with Gasteiger partial charge in [0.25, 0.3) is 0 Å². The summed E-state index contributed by atoms with van der Waals surface area (Å²) in [7, 11) is 0. The van der Waals surface area contributed by atoms with Gasteiger partial charge in [0.15, 0.2) is 0 Å². The number of nitrogens with two attached hydrogens (primary N) is 1. The standard InChI is InChI=1S/C13H9ClF2IN/c14-7-4-5-11(17)8(6-7)13(18)12-9(15)2-1-3-10(12)16/h1-6,13H,18H2. The molecule has 5 heteroatoms. The summed E-state index contributed by atoms with van der Waals surface area (Å²) in [5.74, 6) is -1.31. The van der Waals surface area contributed by atoms with Gasteiger partial charge in [-0.05, 0) is 58.5 Å². The Kier molecular flexibility index (Phi) is 4.19. The van der Waals surface area contributed by atoms with Gasteiger partial charge in [-0.2, -0.15) is 0 Å². The molecule has 2 rings (SSSR count). The molecule has 0 spiro atoms. The van der Waals surface area contributed by atoms with Gasteiger partial charge in [-0.25, -0.2) is 8.78 Å². The Morgan fingerprint density at radius 1 is 1.11 bits per heavy atom. The van der Waals surface area contributed by atoms with Crippen LogP contribution in [-0.2, 0) is 0 Å². The van der Waals surface area contributed by atoms with E-state index in [1.165, 1.54) is 18.2 Å². The molecule has 2 N–H and O–H groups in total. The Morgan fingerprint density at radius 2 is 1.72 bits per heavy atom. The fourth-order valence-corrected chi connectivity index (χ4v) is 2.57. The highest BCUT2D eigenvalue weighted by atomic mass is 127. The Hall–Kier alpha value is -0.720. The van der Waals surface area contributed by atoms with Crippen molar-refractivity contribution < 1.29 is 8.78 Å². The van der Waals surface area contributed by atoms with Crippen molar-refractivity contribution in [2.45, 2.75) is 6.04 Å². The van der Waals surface area contributed by atoms with Crippen molar-refractivity contribution in [2.75, 3.05) is 0 Å². The fourth-order valence-electron chi connectivity index (χ4n) is 1.72. The maximum Gasteiger partial charge on any atom is 0.131 e. The van der Waals surface area contributed by atoms with Crippen molar-refractivity contribution in [3.63, 3.8) is 0 Å². The van der Waals surface area contributed by atoms with Crippen molar-refractivity contribution in [1.29, 1.82) is 0 Å². The molecule has 0 bridgehead atoms. The van der Waals surface area contributed by atoms with E-state index in [1.54, 1.807) is 18.2 Å². The molecule has 0 fully saturated rings. The van der Waals surface area contributed by atoms with E-state index in [0.29, 0.717) is 10.6 Å². The second-order valence-electron chi connectivity index (χ2n) is 3.78. The van der Waals surface area contributed by atoms with Gasteiger partial charge in [0.2, 0.25) is 0 Å². The molecule has 2 aromatic carbocycles. The number of benzene rings is 2. The summed E-state index contributed by atoms with van der Waals surface area (Å²) in [6.07, 6.45) is 0. The Bertz CT molecular complexity index is 569. The molecule has 94 valence electrons. The summed E-state index contributed by atoms with van der Waals surface area (Å²) in [4.78, 5) is 0. The summed E-state index contributed by atoms with van der Waals surface area (Å²) in [5.41, 5.74) is 6.41. The molecule has 0 aliphatic rings. The van der Waals surface area contributed by atoms with Gasteiger partial charge >= 0.3 is 0 Å². The van der Waals surface area contributed by atoms with Crippen molar-refractivity contribution in [3.05, 3.63) is 67.8 Å². The molecule has 18 heavy (non-hydrogen) atoms. The third-order valence-electron chi connectivity index (χ3n) is 2.60. The van der Waals surface area contributed by atoms with Crippen LogP contribution in [0.1, 0.15) is 17.2 Å². The molecule has 0 saturated carbocycles. The first kappa shape index (κ1) is 13.7. The highest BCUT2D eigenvalue weighted by molar-refractivity contribution is 14.1. The van der Waals surface area contributed by atoms with Crippen LogP contribution in [0.2, 0.25) is 5.02 Å². The van der Waals surface area contributed by atoms with E-state index in [9.17, 15) is 8.78 Å². The molecule has 0 amide bonds. The van der Waals surface area contributed by atoms with Crippen molar-refractivity contribution in [2.24, 2.45) is 5.73 Å². The molecule has 0 aliphatic heterocycles. The van der Waals surface area contributed by atoms with Gasteiger partial charge in [-0.15, -0.1) is 0 Å². The Labute approximate surface area is 122 Å². The Balaban J connectivity index is 2.54. The summed E-state index contributed by atoms with van der Waals surface area (Å²) in [5, 5.41) is 0.484. The lowest BCUT2D eigenvalue weighted by Gasteiger charge is -2.16. The lowest BCUT2D eigenvalue weighted by molar-refractivity contribution is 0.543. The second kappa shape index (κ2) is 5.50. The molecule has 1 nitrogen and oxygen atoms in total. The minimum atomic E-state index is -0.878. The van der Waals surface area contributed by atoms with E-state index in [2.05, 4.69) is 22.6 Å². The van der Waals surface area contributed by atoms with E-state index < -0.39 is 17.7 Å². The fraction of sp³-hybridized carbons (Fsp3) is 0.0769. The average molecular weight is 380 g/mol. The van der Waals surface area contributed by atoms with E-state index in [1.807, 2.05) is 0 Å². The molecule has 1 unspecified atom stereocenters. The molecule has 0 saturated heterocycles. The summed E-state index contributed by atoms with van der Waals surface area (Å²) < 4.78 is 28.1. The highest BCUT2D eigenvalue weighted by Crippen LogP contribution is 2.29. The van der Waals surface area contributed by atoms with E-state index in [-0.39, 0.29) is 5.56 Å². The van der Waals surface area contributed by atoms with Gasteiger partial charge < -0.3 is 5.73 Å². The maximum atomic E-state index is 13.7. The molecule has 2 aromatic rings. The number of hydrogen-bond donors (Lipinski definition) is 1.